The lowest BCUT2D eigenvalue weighted by atomic mass is 9.34. The van der Waals surface area contributed by atoms with Gasteiger partial charge in [0, 0.05) is 39.3 Å². The molecule has 0 saturated heterocycles. The second-order valence-corrected chi connectivity index (χ2v) is 31.1. The first-order valence-electron chi connectivity index (χ1n) is 28.6. The van der Waals surface area contributed by atoms with Gasteiger partial charge in [-0.25, -0.2) is 0 Å². The Morgan fingerprint density at radius 1 is 0.419 bits per heavy atom. The van der Waals surface area contributed by atoms with Gasteiger partial charge >= 0.3 is 0 Å². The van der Waals surface area contributed by atoms with Crippen LogP contribution in [0.15, 0.2) is 89.3 Å². The summed E-state index contributed by atoms with van der Waals surface area (Å²) in [6.07, 6.45) is 6.83. The molecule has 5 aliphatic rings. The first-order chi connectivity index (χ1) is 34.1. The average molecular weight is 985 g/mol. The minimum Gasteiger partial charge on any atom is -0.472 e. The van der Waals surface area contributed by atoms with E-state index in [1.54, 1.807) is 0 Å². The number of hydrogen-bond donors (Lipinski definition) is 0. The summed E-state index contributed by atoms with van der Waals surface area (Å²) in [5, 5.41) is 0. The Bertz CT molecular complexity index is 3290. The summed E-state index contributed by atoms with van der Waals surface area (Å²) in [6, 6.07) is 35.0. The minimum atomic E-state index is -0.152. The molecule has 11 rings (SSSR count). The van der Waals surface area contributed by atoms with Crippen molar-refractivity contribution in [3.63, 3.8) is 0 Å². The number of fused-ring (bicyclic) bond motifs is 8. The number of anilines is 6. The van der Waals surface area contributed by atoms with E-state index in [4.69, 9.17) is 4.42 Å². The van der Waals surface area contributed by atoms with Crippen LogP contribution < -0.4 is 26.4 Å². The SMILES string of the molecule is CC(C)(C)c1ccc(N2c3cc(C(C)(C)C)cc4c3B(c3cc5c(cc3N4c3ccc(C(C)(C)C)cc3-c3cccc4c3C(C)(C)CCC4(C)C)C(C)(C)CCC5(C)C)c3oc4c(c32)C(C)(C)CCC4(C)C)cc1. The maximum absolute atomic E-state index is 7.88. The second-order valence-electron chi connectivity index (χ2n) is 31.1. The lowest BCUT2D eigenvalue weighted by molar-refractivity contribution is 0.282. The molecule has 0 bridgehead atoms. The minimum absolute atomic E-state index is 0.000739. The summed E-state index contributed by atoms with van der Waals surface area (Å²) in [4.78, 5) is 5.44. The quantitative estimate of drug-likeness (QED) is 0.165. The topological polar surface area (TPSA) is 19.6 Å². The summed E-state index contributed by atoms with van der Waals surface area (Å²) >= 11 is 0. The van der Waals surface area contributed by atoms with Crippen molar-refractivity contribution in [2.75, 3.05) is 9.80 Å². The second kappa shape index (κ2) is 15.8. The Labute approximate surface area is 448 Å². The fourth-order valence-corrected chi connectivity index (χ4v) is 14.3. The monoisotopic (exact) mass is 985 g/mol. The molecular formula is C70H89BN2O. The molecule has 0 spiro atoms. The number of furan rings is 1. The van der Waals surface area contributed by atoms with Gasteiger partial charge in [-0.15, -0.1) is 0 Å². The Morgan fingerprint density at radius 2 is 0.919 bits per heavy atom. The molecule has 74 heavy (non-hydrogen) atoms. The molecule has 5 aromatic carbocycles. The zero-order valence-electron chi connectivity index (χ0n) is 49.7. The third kappa shape index (κ3) is 7.69. The molecule has 0 saturated carbocycles. The van der Waals surface area contributed by atoms with E-state index in [9.17, 15) is 0 Å². The number of nitrogens with zero attached hydrogens (tertiary/aromatic N) is 2. The lowest BCUT2D eigenvalue weighted by Gasteiger charge is -2.48. The predicted octanol–water partition coefficient (Wildman–Crippen LogP) is 18.0. The van der Waals surface area contributed by atoms with Crippen molar-refractivity contribution in [1.82, 2.24) is 0 Å². The molecule has 0 amide bonds. The van der Waals surface area contributed by atoms with Crippen LogP contribution in [0.5, 0.6) is 0 Å². The summed E-state index contributed by atoms with van der Waals surface area (Å²) in [5.74, 6) is 1.17. The van der Waals surface area contributed by atoms with Gasteiger partial charge in [0.25, 0.3) is 6.71 Å². The molecule has 1 aromatic heterocycles. The Balaban J connectivity index is 1.33. The molecular weight excluding hydrogens is 896 g/mol. The van der Waals surface area contributed by atoms with Crippen LogP contribution in [0.25, 0.3) is 11.1 Å². The van der Waals surface area contributed by atoms with Gasteiger partial charge in [-0.3, -0.25) is 0 Å². The average Bonchev–Trinajstić information content (AvgIpc) is 3.73. The zero-order chi connectivity index (χ0) is 53.6. The van der Waals surface area contributed by atoms with E-state index >= 15 is 0 Å². The highest BCUT2D eigenvalue weighted by Gasteiger charge is 2.54. The van der Waals surface area contributed by atoms with Crippen molar-refractivity contribution >= 4 is 57.4 Å². The third-order valence-corrected chi connectivity index (χ3v) is 19.6. The van der Waals surface area contributed by atoms with Crippen LogP contribution >= 0.6 is 0 Å². The normalized spacial score (nSPS) is 20.5. The molecule has 3 nitrogen and oxygen atoms in total. The maximum atomic E-state index is 7.88. The van der Waals surface area contributed by atoms with Gasteiger partial charge in [0.1, 0.15) is 5.76 Å². The molecule has 3 heterocycles. The largest absolute Gasteiger partial charge is 0.472 e. The van der Waals surface area contributed by atoms with Gasteiger partial charge in [-0.1, -0.05) is 188 Å². The maximum Gasteiger partial charge on any atom is 0.297 e. The third-order valence-electron chi connectivity index (χ3n) is 19.6. The number of hydrogen-bond acceptors (Lipinski definition) is 3. The van der Waals surface area contributed by atoms with E-state index in [0.29, 0.717) is 0 Å². The molecule has 0 N–H and O–H groups in total. The van der Waals surface area contributed by atoms with E-state index in [0.717, 1.165) is 37.8 Å². The van der Waals surface area contributed by atoms with Gasteiger partial charge in [0.15, 0.2) is 0 Å². The fourth-order valence-electron chi connectivity index (χ4n) is 14.3. The summed E-state index contributed by atoms with van der Waals surface area (Å²) in [6.45, 7) is 51.0. The molecule has 4 heteroatoms. The molecule has 0 radical (unpaired) electrons. The van der Waals surface area contributed by atoms with E-state index in [1.807, 2.05) is 0 Å². The standard InChI is InChI=1S/C70H89BN2O/c1-62(2,3)42-25-28-45(29-26-42)72-54-38-44(64(7,8)9)39-55-58(54)71(61-59(72)57-60(74-61)70(20,21)36-35-69(57,18)19)51-40-49-50(67(14,15)32-31-66(49,12)13)41-53(51)73(55)52-30-27-43(63(4,5)6)37-47(52)46-23-22-24-48-56(46)68(16,17)34-33-65(48,10)11/h22-30,37-41H,31-36H2,1-21H3. The van der Waals surface area contributed by atoms with Crippen molar-refractivity contribution in [2.45, 2.75) is 233 Å². The van der Waals surface area contributed by atoms with Gasteiger partial charge < -0.3 is 14.2 Å². The first kappa shape index (κ1) is 51.2. The van der Waals surface area contributed by atoms with Crippen LogP contribution in [0.4, 0.5) is 34.1 Å². The van der Waals surface area contributed by atoms with Gasteiger partial charge in [-0.05, 0) is 180 Å². The van der Waals surface area contributed by atoms with E-state index in [-0.39, 0.29) is 55.4 Å². The highest BCUT2D eigenvalue weighted by Crippen LogP contribution is 2.58. The van der Waals surface area contributed by atoms with Crippen molar-refractivity contribution in [1.29, 1.82) is 0 Å². The smallest absolute Gasteiger partial charge is 0.297 e. The van der Waals surface area contributed by atoms with Crippen LogP contribution in [0.1, 0.15) is 234 Å². The van der Waals surface area contributed by atoms with Crippen LogP contribution in [0, 0.1) is 0 Å². The molecule has 6 aromatic rings. The highest BCUT2D eigenvalue weighted by molar-refractivity contribution is 6.99. The number of rotatable bonds is 3. The summed E-state index contributed by atoms with van der Waals surface area (Å²) in [5.41, 5.74) is 25.1. The fraction of sp³-hybridized carbons (Fsp3) is 0.514. The molecule has 388 valence electrons. The van der Waals surface area contributed by atoms with Crippen molar-refractivity contribution in [2.24, 2.45) is 0 Å². The van der Waals surface area contributed by atoms with E-state index in [1.165, 1.54) is 113 Å². The molecule has 2 aliphatic heterocycles. The first-order valence-corrected chi connectivity index (χ1v) is 28.6. The summed E-state index contributed by atoms with van der Waals surface area (Å²) in [7, 11) is 0. The van der Waals surface area contributed by atoms with Crippen molar-refractivity contribution in [3.05, 3.63) is 135 Å². The van der Waals surface area contributed by atoms with Crippen LogP contribution in [-0.4, -0.2) is 6.71 Å². The number of benzene rings is 5. The Hall–Kier alpha value is -4.96. The molecule has 0 atom stereocenters. The molecule has 0 unspecified atom stereocenters. The zero-order valence-corrected chi connectivity index (χ0v) is 49.7. The van der Waals surface area contributed by atoms with Crippen LogP contribution in [-0.2, 0) is 48.7 Å². The van der Waals surface area contributed by atoms with E-state index < -0.39 is 0 Å². The highest BCUT2D eigenvalue weighted by atomic mass is 16.3. The predicted molar refractivity (Wildman–Crippen MR) is 320 cm³/mol. The Kier molecular flexibility index (Phi) is 10.9. The van der Waals surface area contributed by atoms with Crippen LogP contribution in [0.2, 0.25) is 0 Å². The van der Waals surface area contributed by atoms with Gasteiger partial charge in [-0.2, -0.15) is 0 Å². The van der Waals surface area contributed by atoms with Crippen molar-refractivity contribution in [3.8, 4) is 11.1 Å². The molecule has 3 aliphatic carbocycles. The van der Waals surface area contributed by atoms with Crippen LogP contribution in [0.3, 0.4) is 0 Å². The lowest BCUT2D eigenvalue weighted by Crippen LogP contribution is -2.61. The van der Waals surface area contributed by atoms with Gasteiger partial charge in [0.2, 0.25) is 0 Å². The van der Waals surface area contributed by atoms with E-state index in [2.05, 4.69) is 240 Å². The molecule has 0 fully saturated rings. The van der Waals surface area contributed by atoms with Gasteiger partial charge in [0.05, 0.1) is 17.0 Å². The Morgan fingerprint density at radius 3 is 1.50 bits per heavy atom. The van der Waals surface area contributed by atoms with Crippen molar-refractivity contribution < 1.29 is 4.42 Å². The summed E-state index contributed by atoms with van der Waals surface area (Å²) < 4.78 is 7.88.